The lowest BCUT2D eigenvalue weighted by atomic mass is 10.2. The summed E-state index contributed by atoms with van der Waals surface area (Å²) in [6, 6.07) is 3.23. The molecule has 1 saturated heterocycles. The number of thioether (sulfide) groups is 1. The van der Waals surface area contributed by atoms with Crippen molar-refractivity contribution in [1.29, 1.82) is 0 Å². The molecular formula is C12H16ClN3S. The molecule has 5 heteroatoms. The second-order valence-corrected chi connectivity index (χ2v) is 6.29. The molecule has 92 valence electrons. The first-order valence-electron chi connectivity index (χ1n) is 6.11. The predicted octanol–water partition coefficient (Wildman–Crippen LogP) is 2.91. The fourth-order valence-electron chi connectivity index (χ4n) is 2.42. The molecule has 1 saturated carbocycles. The Hall–Kier alpha value is -0.480. The number of aromatic nitrogens is 2. The Labute approximate surface area is 111 Å². The van der Waals surface area contributed by atoms with Gasteiger partial charge in [-0.1, -0.05) is 11.6 Å². The number of nitrogens with zero attached hydrogens (tertiary/aromatic N) is 3. The highest BCUT2D eigenvalue weighted by Crippen LogP contribution is 2.37. The van der Waals surface area contributed by atoms with Crippen LogP contribution >= 0.6 is 23.4 Å². The van der Waals surface area contributed by atoms with Crippen molar-refractivity contribution in [3.05, 3.63) is 17.0 Å². The normalized spacial score (nSPS) is 24.0. The van der Waals surface area contributed by atoms with Gasteiger partial charge in [-0.05, 0) is 31.9 Å². The fourth-order valence-corrected chi connectivity index (χ4v) is 3.84. The largest absolute Gasteiger partial charge is 0.350 e. The van der Waals surface area contributed by atoms with E-state index in [1.54, 1.807) is 0 Å². The number of hydrogen-bond donors (Lipinski definition) is 0. The van der Waals surface area contributed by atoms with E-state index < -0.39 is 0 Å². The van der Waals surface area contributed by atoms with Crippen LogP contribution in [0.2, 0.25) is 5.15 Å². The van der Waals surface area contributed by atoms with E-state index in [-0.39, 0.29) is 0 Å². The maximum Gasteiger partial charge on any atom is 0.134 e. The van der Waals surface area contributed by atoms with Gasteiger partial charge in [-0.15, -0.1) is 0 Å². The Kier molecular flexibility index (Phi) is 3.17. The molecule has 0 unspecified atom stereocenters. The molecule has 1 aromatic rings. The van der Waals surface area contributed by atoms with Crippen LogP contribution in [0.25, 0.3) is 0 Å². The minimum Gasteiger partial charge on any atom is -0.350 e. The molecular weight excluding hydrogens is 254 g/mol. The molecule has 0 amide bonds. The number of aryl methyl sites for hydroxylation is 1. The highest BCUT2D eigenvalue weighted by atomic mass is 35.5. The van der Waals surface area contributed by atoms with E-state index in [9.17, 15) is 0 Å². The monoisotopic (exact) mass is 269 g/mol. The number of rotatable bonds is 3. The van der Waals surface area contributed by atoms with E-state index in [1.807, 2.05) is 24.8 Å². The van der Waals surface area contributed by atoms with Crippen molar-refractivity contribution in [2.45, 2.75) is 38.3 Å². The van der Waals surface area contributed by atoms with Crippen LogP contribution in [0.15, 0.2) is 6.07 Å². The first-order chi connectivity index (χ1) is 8.24. The van der Waals surface area contributed by atoms with Gasteiger partial charge in [-0.3, -0.25) is 0 Å². The molecule has 0 aromatic carbocycles. The Morgan fingerprint density at radius 3 is 2.71 bits per heavy atom. The van der Waals surface area contributed by atoms with Gasteiger partial charge in [0.25, 0.3) is 0 Å². The summed E-state index contributed by atoms with van der Waals surface area (Å²) in [4.78, 5) is 11.2. The van der Waals surface area contributed by atoms with E-state index in [0.29, 0.717) is 17.2 Å². The van der Waals surface area contributed by atoms with Crippen LogP contribution in [-0.4, -0.2) is 33.6 Å². The summed E-state index contributed by atoms with van der Waals surface area (Å²) in [6.07, 6.45) is 3.85. The molecule has 1 aromatic heterocycles. The zero-order valence-electron chi connectivity index (χ0n) is 9.90. The quantitative estimate of drug-likeness (QED) is 0.789. The average Bonchev–Trinajstić information content (AvgIpc) is 2.92. The summed E-state index contributed by atoms with van der Waals surface area (Å²) < 4.78 is 0. The molecule has 17 heavy (non-hydrogen) atoms. The van der Waals surface area contributed by atoms with E-state index in [0.717, 1.165) is 11.6 Å². The fraction of sp³-hybridized carbons (Fsp3) is 0.667. The molecule has 0 radical (unpaired) electrons. The van der Waals surface area contributed by atoms with Gasteiger partial charge in [-0.2, -0.15) is 11.8 Å². The molecule has 1 atom stereocenters. The Morgan fingerprint density at radius 2 is 2.12 bits per heavy atom. The standard InChI is InChI=1S/C12H16ClN3S/c1-8-14-11(13)6-12(15-8)16(9-2-3-9)10-4-5-17-7-10/h6,9-10H,2-5,7H2,1H3/t10-/m1/s1. The van der Waals surface area contributed by atoms with E-state index in [4.69, 9.17) is 11.6 Å². The van der Waals surface area contributed by atoms with Crippen molar-refractivity contribution in [3.63, 3.8) is 0 Å². The van der Waals surface area contributed by atoms with Crippen molar-refractivity contribution in [1.82, 2.24) is 9.97 Å². The third kappa shape index (κ3) is 2.52. The Bertz CT molecular complexity index is 396. The summed E-state index contributed by atoms with van der Waals surface area (Å²) in [6.45, 7) is 1.91. The topological polar surface area (TPSA) is 29.0 Å². The minimum absolute atomic E-state index is 0.559. The van der Waals surface area contributed by atoms with Gasteiger partial charge < -0.3 is 4.90 Å². The molecule has 1 aliphatic carbocycles. The van der Waals surface area contributed by atoms with Crippen molar-refractivity contribution in [2.75, 3.05) is 16.4 Å². The van der Waals surface area contributed by atoms with Crippen LogP contribution < -0.4 is 4.90 Å². The maximum atomic E-state index is 6.04. The maximum absolute atomic E-state index is 6.04. The van der Waals surface area contributed by atoms with Gasteiger partial charge in [0.15, 0.2) is 0 Å². The van der Waals surface area contributed by atoms with Crippen LogP contribution in [0.5, 0.6) is 0 Å². The van der Waals surface area contributed by atoms with Crippen molar-refractivity contribution in [3.8, 4) is 0 Å². The van der Waals surface area contributed by atoms with E-state index in [1.165, 1.54) is 30.8 Å². The molecule has 0 N–H and O–H groups in total. The summed E-state index contributed by atoms with van der Waals surface area (Å²) in [5, 5.41) is 0.559. The van der Waals surface area contributed by atoms with Crippen LogP contribution in [0.1, 0.15) is 25.1 Å². The summed E-state index contributed by atoms with van der Waals surface area (Å²) in [5.74, 6) is 4.28. The second-order valence-electron chi connectivity index (χ2n) is 4.75. The molecule has 1 aliphatic heterocycles. The minimum atomic E-state index is 0.559. The summed E-state index contributed by atoms with van der Waals surface area (Å²) in [5.41, 5.74) is 0. The third-order valence-corrected chi connectivity index (χ3v) is 4.64. The van der Waals surface area contributed by atoms with E-state index >= 15 is 0 Å². The zero-order valence-corrected chi connectivity index (χ0v) is 11.5. The SMILES string of the molecule is Cc1nc(Cl)cc(N(C2CC2)[C@@H]2CCSC2)n1. The summed E-state index contributed by atoms with van der Waals surface area (Å²) >= 11 is 8.08. The lowest BCUT2D eigenvalue weighted by molar-refractivity contribution is 0.630. The van der Waals surface area contributed by atoms with E-state index in [2.05, 4.69) is 14.9 Å². The highest BCUT2D eigenvalue weighted by Gasteiger charge is 2.36. The van der Waals surface area contributed by atoms with Gasteiger partial charge in [0.2, 0.25) is 0 Å². The van der Waals surface area contributed by atoms with Gasteiger partial charge in [0, 0.05) is 23.9 Å². The molecule has 0 spiro atoms. The second kappa shape index (κ2) is 4.65. The number of halogens is 1. The number of anilines is 1. The van der Waals surface area contributed by atoms with Gasteiger partial charge in [0.05, 0.1) is 0 Å². The molecule has 2 heterocycles. The zero-order chi connectivity index (χ0) is 11.8. The average molecular weight is 270 g/mol. The van der Waals surface area contributed by atoms with Crippen molar-refractivity contribution < 1.29 is 0 Å². The lowest BCUT2D eigenvalue weighted by Crippen LogP contribution is -2.38. The third-order valence-electron chi connectivity index (χ3n) is 3.30. The number of hydrogen-bond acceptors (Lipinski definition) is 4. The van der Waals surface area contributed by atoms with Crippen LogP contribution in [0.4, 0.5) is 5.82 Å². The molecule has 2 fully saturated rings. The smallest absolute Gasteiger partial charge is 0.134 e. The van der Waals surface area contributed by atoms with Gasteiger partial charge in [-0.25, -0.2) is 9.97 Å². The summed E-state index contributed by atoms with van der Waals surface area (Å²) in [7, 11) is 0. The van der Waals surface area contributed by atoms with Gasteiger partial charge >= 0.3 is 0 Å². The van der Waals surface area contributed by atoms with Crippen LogP contribution in [0.3, 0.4) is 0 Å². The predicted molar refractivity (Wildman–Crippen MR) is 73.0 cm³/mol. The first kappa shape index (κ1) is 11.6. The van der Waals surface area contributed by atoms with Crippen molar-refractivity contribution in [2.24, 2.45) is 0 Å². The molecule has 0 bridgehead atoms. The lowest BCUT2D eigenvalue weighted by Gasteiger charge is -2.29. The highest BCUT2D eigenvalue weighted by molar-refractivity contribution is 7.99. The van der Waals surface area contributed by atoms with Crippen molar-refractivity contribution >= 4 is 29.2 Å². The first-order valence-corrected chi connectivity index (χ1v) is 7.64. The Balaban J connectivity index is 1.91. The Morgan fingerprint density at radius 1 is 1.29 bits per heavy atom. The van der Waals surface area contributed by atoms with Crippen LogP contribution in [-0.2, 0) is 0 Å². The molecule has 3 nitrogen and oxygen atoms in total. The molecule has 3 rings (SSSR count). The molecule has 2 aliphatic rings. The van der Waals surface area contributed by atoms with Gasteiger partial charge in [0.1, 0.15) is 16.8 Å². The van der Waals surface area contributed by atoms with Crippen LogP contribution in [0, 0.1) is 6.92 Å².